The van der Waals surface area contributed by atoms with Crippen LogP contribution in [0.15, 0.2) is 102 Å². The third-order valence-corrected chi connectivity index (χ3v) is 12.9. The number of Topliss-reactive ketones (excluding diaryl/α,β-unsaturated/α-hetero) is 1. The van der Waals surface area contributed by atoms with Crippen LogP contribution in [0, 0.1) is 16.7 Å². The normalized spacial score (nSPS) is 33.3. The molecular weight excluding hydrogens is 709 g/mol. The molecule has 2 saturated carbocycles. The predicted octanol–water partition coefficient (Wildman–Crippen LogP) is 4.60. The monoisotopic (exact) mass is 755 g/mol. The summed E-state index contributed by atoms with van der Waals surface area (Å²) in [5, 5.41) is 39.8. The third kappa shape index (κ3) is 6.19. The highest BCUT2D eigenvalue weighted by atomic mass is 19.1. The van der Waals surface area contributed by atoms with Crippen LogP contribution in [-0.4, -0.2) is 87.3 Å². The number of carbonyl (C=O) groups excluding carboxylic acids is 4. The minimum absolute atomic E-state index is 0.123. The number of ketones is 1. The van der Waals surface area contributed by atoms with Gasteiger partial charge in [0.1, 0.15) is 35.4 Å². The molecule has 4 N–H and O–H groups in total. The van der Waals surface area contributed by atoms with Crippen molar-refractivity contribution in [2.45, 2.75) is 94.8 Å². The lowest BCUT2D eigenvalue weighted by Crippen LogP contribution is -2.79. The minimum atomic E-state index is -2.18. The van der Waals surface area contributed by atoms with E-state index in [1.165, 1.54) is 19.1 Å². The number of aliphatic hydroxyl groups is 3. The smallest absolute Gasteiger partial charge is 0.338 e. The number of amides is 1. The molecule has 1 aliphatic heterocycles. The van der Waals surface area contributed by atoms with Crippen molar-refractivity contribution in [1.29, 1.82) is 0 Å². The summed E-state index contributed by atoms with van der Waals surface area (Å²) in [5.41, 5.74) is -5.70. The van der Waals surface area contributed by atoms with Gasteiger partial charge < -0.3 is 34.8 Å². The van der Waals surface area contributed by atoms with Gasteiger partial charge in [0.25, 0.3) is 5.91 Å². The average molecular weight is 756 g/mol. The van der Waals surface area contributed by atoms with Crippen molar-refractivity contribution >= 4 is 23.6 Å². The molecule has 3 aliphatic carbocycles. The predicted molar refractivity (Wildman–Crippen MR) is 196 cm³/mol. The van der Waals surface area contributed by atoms with Gasteiger partial charge in [0.05, 0.1) is 29.7 Å². The highest BCUT2D eigenvalue weighted by molar-refractivity contribution is 5.95. The zero-order valence-electron chi connectivity index (χ0n) is 31.1. The molecule has 290 valence electrons. The van der Waals surface area contributed by atoms with E-state index in [1.807, 2.05) is 0 Å². The van der Waals surface area contributed by atoms with Crippen molar-refractivity contribution < 1.29 is 53.1 Å². The van der Waals surface area contributed by atoms with Crippen LogP contribution in [0.4, 0.5) is 4.39 Å². The summed E-state index contributed by atoms with van der Waals surface area (Å²) in [5.74, 6) is -4.59. The molecule has 12 heteroatoms. The largest absolute Gasteiger partial charge is 0.456 e. The van der Waals surface area contributed by atoms with E-state index in [9.17, 15) is 34.5 Å². The van der Waals surface area contributed by atoms with E-state index in [-0.39, 0.29) is 25.0 Å². The van der Waals surface area contributed by atoms with E-state index in [1.54, 1.807) is 99.6 Å². The molecule has 2 bridgehead atoms. The molecule has 0 radical (unpaired) electrons. The number of aliphatic hydroxyl groups excluding tert-OH is 1. The minimum Gasteiger partial charge on any atom is -0.456 e. The molecule has 8 unspecified atom stereocenters. The molecule has 3 fully saturated rings. The van der Waals surface area contributed by atoms with Crippen LogP contribution >= 0.6 is 0 Å². The van der Waals surface area contributed by atoms with Crippen LogP contribution < -0.4 is 5.32 Å². The zero-order chi connectivity index (χ0) is 39.5. The zero-order valence-corrected chi connectivity index (χ0v) is 31.1. The summed E-state index contributed by atoms with van der Waals surface area (Å²) >= 11 is 0. The summed E-state index contributed by atoms with van der Waals surface area (Å²) in [6, 6.07) is 23.4. The van der Waals surface area contributed by atoms with Crippen molar-refractivity contribution in [3.05, 3.63) is 119 Å². The van der Waals surface area contributed by atoms with Crippen LogP contribution in [0.5, 0.6) is 0 Å². The van der Waals surface area contributed by atoms with Gasteiger partial charge >= 0.3 is 11.9 Å². The van der Waals surface area contributed by atoms with Gasteiger partial charge in [0.15, 0.2) is 6.10 Å². The molecule has 55 heavy (non-hydrogen) atoms. The van der Waals surface area contributed by atoms with Crippen LogP contribution in [0.25, 0.3) is 0 Å². The first-order chi connectivity index (χ1) is 26.0. The van der Waals surface area contributed by atoms with Gasteiger partial charge in [-0.25, -0.2) is 14.0 Å². The molecule has 3 aromatic rings. The Kier molecular flexibility index (Phi) is 9.86. The number of hydrogen-bond acceptors (Lipinski definition) is 10. The fraction of sp³-hybridized carbons (Fsp3) is 0.442. The first-order valence-corrected chi connectivity index (χ1v) is 18.5. The van der Waals surface area contributed by atoms with E-state index in [2.05, 4.69) is 5.32 Å². The Balaban J connectivity index is 1.29. The van der Waals surface area contributed by atoms with E-state index in [4.69, 9.17) is 14.2 Å². The number of benzene rings is 3. The summed E-state index contributed by atoms with van der Waals surface area (Å²) in [7, 11) is 0. The second kappa shape index (κ2) is 14.1. The van der Waals surface area contributed by atoms with Gasteiger partial charge in [0.2, 0.25) is 0 Å². The number of ether oxygens (including phenoxy) is 3. The van der Waals surface area contributed by atoms with Gasteiger partial charge in [-0.2, -0.15) is 0 Å². The molecule has 4 aliphatic rings. The quantitative estimate of drug-likeness (QED) is 0.188. The molecule has 1 amide bonds. The lowest BCUT2D eigenvalue weighted by Gasteiger charge is -2.66. The van der Waals surface area contributed by atoms with Crippen molar-refractivity contribution in [3.8, 4) is 0 Å². The maximum Gasteiger partial charge on any atom is 0.338 e. The fourth-order valence-corrected chi connectivity index (χ4v) is 9.32. The van der Waals surface area contributed by atoms with Gasteiger partial charge in [-0.05, 0) is 49.2 Å². The summed E-state index contributed by atoms with van der Waals surface area (Å²) < 4.78 is 34.3. The van der Waals surface area contributed by atoms with E-state index < -0.39 is 94.6 Å². The number of hydrogen-bond donors (Lipinski definition) is 4. The van der Waals surface area contributed by atoms with Gasteiger partial charge in [-0.3, -0.25) is 9.59 Å². The summed E-state index contributed by atoms with van der Waals surface area (Å²) in [6.45, 7) is 6.13. The first kappa shape index (κ1) is 38.5. The molecule has 0 aromatic heterocycles. The number of alkyl halides is 1. The molecule has 1 saturated heterocycles. The van der Waals surface area contributed by atoms with Crippen LogP contribution in [-0.2, 0) is 23.8 Å². The van der Waals surface area contributed by atoms with Crippen LogP contribution in [0.2, 0.25) is 0 Å². The van der Waals surface area contributed by atoms with E-state index in [0.717, 1.165) is 0 Å². The SMILES string of the molecule is CC1=C2CC(=O)[C@]3(C)C(F)CC4OC[C@@]4(O)C3C(OC(=O)c3ccccc3)C(O)(CC1OC(=O)C(O)C(NC(=O)c1ccccc1)c1ccccc1)C2(C)C. The first-order valence-electron chi connectivity index (χ1n) is 18.5. The Hall–Kier alpha value is -4.75. The van der Waals surface area contributed by atoms with Crippen LogP contribution in [0.3, 0.4) is 0 Å². The fourth-order valence-electron chi connectivity index (χ4n) is 9.32. The lowest BCUT2D eigenvalue weighted by atomic mass is 9.45. The lowest BCUT2D eigenvalue weighted by molar-refractivity contribution is -0.337. The molecule has 10 atom stereocenters. The Morgan fingerprint density at radius 2 is 1.47 bits per heavy atom. The molecule has 11 nitrogen and oxygen atoms in total. The highest BCUT2D eigenvalue weighted by Crippen LogP contribution is 2.63. The Morgan fingerprint density at radius 3 is 2.05 bits per heavy atom. The number of esters is 2. The standard InChI is InChI=1S/C43H46FNO10/c1-24-28-20-31(46)41(4)30(44)21-32-42(51,23-53-32)35(41)36(55-38(49)27-18-12-7-13-19-27)43(52,40(28,2)3)22-29(24)54-39(50)34(47)33(25-14-8-5-9-15-25)45-37(48)26-16-10-6-11-17-26/h5-19,29-30,32-36,47,51-52H,20-23H2,1-4H3,(H,45,48)/t29?,30?,32?,33?,34?,35?,36?,41-,42-,43?/m0/s1. The Morgan fingerprint density at radius 1 is 0.891 bits per heavy atom. The number of halogens is 1. The summed E-state index contributed by atoms with van der Waals surface area (Å²) in [6.07, 6.45) is -8.80. The van der Waals surface area contributed by atoms with Crippen molar-refractivity contribution in [2.75, 3.05) is 6.61 Å². The number of nitrogens with one attached hydrogen (secondary N) is 1. The molecule has 1 heterocycles. The second-order valence-electron chi connectivity index (χ2n) is 16.1. The second-order valence-corrected chi connectivity index (χ2v) is 16.1. The Bertz CT molecular complexity index is 2010. The van der Waals surface area contributed by atoms with Crippen LogP contribution in [0.1, 0.15) is 79.3 Å². The Labute approximate surface area is 318 Å². The molecule has 0 spiro atoms. The molecule has 7 rings (SSSR count). The number of rotatable bonds is 8. The number of fused-ring (bicyclic) bond motifs is 5. The van der Waals surface area contributed by atoms with Gasteiger partial charge in [0, 0.05) is 36.2 Å². The molecular formula is C43H46FNO10. The number of carbonyl (C=O) groups is 4. The topological polar surface area (TPSA) is 169 Å². The van der Waals surface area contributed by atoms with Crippen molar-refractivity contribution in [3.63, 3.8) is 0 Å². The summed E-state index contributed by atoms with van der Waals surface area (Å²) in [4.78, 5) is 55.8. The average Bonchev–Trinajstić information content (AvgIpc) is 3.18. The maximum atomic E-state index is 16.5. The van der Waals surface area contributed by atoms with E-state index >= 15 is 4.39 Å². The molecule has 3 aromatic carbocycles. The van der Waals surface area contributed by atoms with Gasteiger partial charge in [-0.1, -0.05) is 86.2 Å². The van der Waals surface area contributed by atoms with Crippen molar-refractivity contribution in [2.24, 2.45) is 16.7 Å². The maximum absolute atomic E-state index is 16.5. The van der Waals surface area contributed by atoms with Gasteiger partial charge in [-0.15, -0.1) is 0 Å². The van der Waals surface area contributed by atoms with Crippen molar-refractivity contribution in [1.82, 2.24) is 5.32 Å². The highest BCUT2D eigenvalue weighted by Gasteiger charge is 2.75. The van der Waals surface area contributed by atoms with E-state index in [0.29, 0.717) is 22.3 Å². The third-order valence-electron chi connectivity index (χ3n) is 12.9.